The maximum Gasteiger partial charge on any atom is 0.231 e. The molecule has 0 fully saturated rings. The van der Waals surface area contributed by atoms with Crippen LogP contribution in [0.1, 0.15) is 18.1 Å². The summed E-state index contributed by atoms with van der Waals surface area (Å²) >= 11 is 0. The van der Waals surface area contributed by atoms with Crippen molar-refractivity contribution in [2.45, 2.75) is 25.9 Å². The van der Waals surface area contributed by atoms with E-state index in [9.17, 15) is 0 Å². The number of ether oxygens (including phenoxy) is 3. The van der Waals surface area contributed by atoms with Gasteiger partial charge in [0.1, 0.15) is 5.75 Å². The fraction of sp³-hybridized carbons (Fsp3) is 0.333. The summed E-state index contributed by atoms with van der Waals surface area (Å²) < 4.78 is 15.9. The molecule has 0 unspecified atom stereocenters. The van der Waals surface area contributed by atoms with Crippen LogP contribution in [0.25, 0.3) is 0 Å². The predicted octanol–water partition coefficient (Wildman–Crippen LogP) is 3.14. The van der Waals surface area contributed by atoms with Crippen LogP contribution in [0.3, 0.4) is 0 Å². The van der Waals surface area contributed by atoms with Gasteiger partial charge in [-0.1, -0.05) is 18.2 Å². The van der Waals surface area contributed by atoms with E-state index >= 15 is 0 Å². The Balaban J connectivity index is 1.52. The molecule has 4 heteroatoms. The minimum atomic E-state index is 0.320. The largest absolute Gasteiger partial charge is 0.497 e. The molecule has 1 aliphatic heterocycles. The van der Waals surface area contributed by atoms with Gasteiger partial charge in [0.2, 0.25) is 6.79 Å². The maximum absolute atomic E-state index is 5.40. The molecule has 0 saturated carbocycles. The highest BCUT2D eigenvalue weighted by Crippen LogP contribution is 2.32. The Labute approximate surface area is 131 Å². The summed E-state index contributed by atoms with van der Waals surface area (Å²) in [5, 5.41) is 3.54. The fourth-order valence-corrected chi connectivity index (χ4v) is 2.53. The lowest BCUT2D eigenvalue weighted by atomic mass is 10.1. The van der Waals surface area contributed by atoms with Crippen molar-refractivity contribution < 1.29 is 14.2 Å². The van der Waals surface area contributed by atoms with Crippen molar-refractivity contribution in [2.24, 2.45) is 0 Å². The Bertz CT molecular complexity index is 625. The average Bonchev–Trinajstić information content (AvgIpc) is 3.01. The molecule has 116 valence electrons. The lowest BCUT2D eigenvalue weighted by Gasteiger charge is -2.14. The minimum absolute atomic E-state index is 0.320. The number of fused-ring (bicyclic) bond motifs is 1. The van der Waals surface area contributed by atoms with E-state index in [1.807, 2.05) is 24.3 Å². The van der Waals surface area contributed by atoms with Gasteiger partial charge in [-0.3, -0.25) is 0 Å². The van der Waals surface area contributed by atoms with E-state index in [4.69, 9.17) is 14.2 Å². The summed E-state index contributed by atoms with van der Waals surface area (Å²) in [5.41, 5.74) is 2.50. The Morgan fingerprint density at radius 2 is 1.77 bits per heavy atom. The highest BCUT2D eigenvalue weighted by atomic mass is 16.7. The van der Waals surface area contributed by atoms with Crippen LogP contribution in [-0.2, 0) is 13.0 Å². The van der Waals surface area contributed by atoms with Crippen LogP contribution < -0.4 is 19.5 Å². The van der Waals surface area contributed by atoms with Crippen LogP contribution in [0.15, 0.2) is 42.5 Å². The summed E-state index contributed by atoms with van der Waals surface area (Å²) in [7, 11) is 1.69. The van der Waals surface area contributed by atoms with Crippen molar-refractivity contribution in [3.8, 4) is 17.2 Å². The summed E-state index contributed by atoms with van der Waals surface area (Å²) in [6, 6.07) is 14.7. The van der Waals surface area contributed by atoms with Crippen molar-refractivity contribution in [3.05, 3.63) is 53.6 Å². The zero-order valence-corrected chi connectivity index (χ0v) is 13.0. The SMILES string of the molecule is COc1ccc(C[C@H](C)NCc2ccc3c(c2)OCO3)cc1. The lowest BCUT2D eigenvalue weighted by molar-refractivity contribution is 0.174. The number of hydrogen-bond acceptors (Lipinski definition) is 4. The van der Waals surface area contributed by atoms with Crippen LogP contribution in [0.2, 0.25) is 0 Å². The molecule has 2 aromatic carbocycles. The molecule has 1 atom stereocenters. The Hall–Kier alpha value is -2.20. The Kier molecular flexibility index (Phi) is 4.49. The van der Waals surface area contributed by atoms with E-state index in [-0.39, 0.29) is 0 Å². The number of hydrogen-bond donors (Lipinski definition) is 1. The molecule has 0 radical (unpaired) electrons. The number of methoxy groups -OCH3 is 1. The predicted molar refractivity (Wildman–Crippen MR) is 85.6 cm³/mol. The molecule has 0 bridgehead atoms. The molecule has 4 nitrogen and oxygen atoms in total. The van der Waals surface area contributed by atoms with E-state index in [1.165, 1.54) is 11.1 Å². The number of rotatable bonds is 6. The van der Waals surface area contributed by atoms with Crippen LogP contribution in [0.4, 0.5) is 0 Å². The molecule has 1 N–H and O–H groups in total. The average molecular weight is 299 g/mol. The van der Waals surface area contributed by atoms with Crippen LogP contribution in [-0.4, -0.2) is 19.9 Å². The fourth-order valence-electron chi connectivity index (χ4n) is 2.53. The lowest BCUT2D eigenvalue weighted by Crippen LogP contribution is -2.27. The summed E-state index contributed by atoms with van der Waals surface area (Å²) in [6.07, 6.45) is 0.981. The molecule has 0 spiro atoms. The first-order valence-corrected chi connectivity index (χ1v) is 7.49. The van der Waals surface area contributed by atoms with Gasteiger partial charge in [0.05, 0.1) is 7.11 Å². The Morgan fingerprint density at radius 3 is 2.55 bits per heavy atom. The van der Waals surface area contributed by atoms with E-state index in [0.29, 0.717) is 12.8 Å². The third-order valence-electron chi connectivity index (χ3n) is 3.79. The van der Waals surface area contributed by atoms with E-state index in [2.05, 4.69) is 30.4 Å². The molecule has 0 amide bonds. The van der Waals surface area contributed by atoms with E-state index in [0.717, 1.165) is 30.2 Å². The van der Waals surface area contributed by atoms with Crippen LogP contribution in [0, 0.1) is 0 Å². The van der Waals surface area contributed by atoms with Crippen LogP contribution >= 0.6 is 0 Å². The Morgan fingerprint density at radius 1 is 1.05 bits per heavy atom. The molecular weight excluding hydrogens is 278 g/mol. The molecule has 0 saturated heterocycles. The van der Waals surface area contributed by atoms with Gasteiger partial charge in [-0.05, 0) is 48.7 Å². The molecule has 0 aromatic heterocycles. The third-order valence-corrected chi connectivity index (χ3v) is 3.79. The first-order valence-electron chi connectivity index (χ1n) is 7.49. The zero-order chi connectivity index (χ0) is 15.4. The molecular formula is C18H21NO3. The first kappa shape index (κ1) is 14.7. The highest BCUT2D eigenvalue weighted by Gasteiger charge is 2.13. The monoisotopic (exact) mass is 299 g/mol. The van der Waals surface area contributed by atoms with Gasteiger partial charge in [-0.15, -0.1) is 0 Å². The van der Waals surface area contributed by atoms with Gasteiger partial charge in [0.15, 0.2) is 11.5 Å². The number of nitrogens with one attached hydrogen (secondary N) is 1. The molecule has 2 aromatic rings. The second kappa shape index (κ2) is 6.71. The smallest absolute Gasteiger partial charge is 0.231 e. The van der Waals surface area contributed by atoms with Gasteiger partial charge in [0, 0.05) is 12.6 Å². The summed E-state index contributed by atoms with van der Waals surface area (Å²) in [6.45, 7) is 3.32. The molecule has 1 aliphatic rings. The molecule has 22 heavy (non-hydrogen) atoms. The van der Waals surface area contributed by atoms with Crippen molar-refractivity contribution in [3.63, 3.8) is 0 Å². The zero-order valence-electron chi connectivity index (χ0n) is 13.0. The first-order chi connectivity index (χ1) is 10.7. The number of benzene rings is 2. The van der Waals surface area contributed by atoms with Gasteiger partial charge in [-0.2, -0.15) is 0 Å². The van der Waals surface area contributed by atoms with E-state index in [1.54, 1.807) is 7.11 Å². The summed E-state index contributed by atoms with van der Waals surface area (Å²) in [5.74, 6) is 2.56. The molecule has 3 rings (SSSR count). The summed E-state index contributed by atoms with van der Waals surface area (Å²) in [4.78, 5) is 0. The quantitative estimate of drug-likeness (QED) is 0.889. The standard InChI is InChI=1S/C18H21NO3/c1-13(9-14-3-6-16(20-2)7-4-14)19-11-15-5-8-17-18(10-15)22-12-21-17/h3-8,10,13,19H,9,11-12H2,1-2H3/t13-/m0/s1. The van der Waals surface area contributed by atoms with Crippen molar-refractivity contribution >= 4 is 0 Å². The van der Waals surface area contributed by atoms with Crippen LogP contribution in [0.5, 0.6) is 17.2 Å². The maximum atomic E-state index is 5.40. The molecule has 1 heterocycles. The van der Waals surface area contributed by atoms with Crippen molar-refractivity contribution in [1.82, 2.24) is 5.32 Å². The van der Waals surface area contributed by atoms with E-state index < -0.39 is 0 Å². The normalized spacial score (nSPS) is 13.9. The van der Waals surface area contributed by atoms with Crippen molar-refractivity contribution in [2.75, 3.05) is 13.9 Å². The second-order valence-electron chi connectivity index (χ2n) is 5.52. The second-order valence-corrected chi connectivity index (χ2v) is 5.52. The minimum Gasteiger partial charge on any atom is -0.497 e. The molecule has 0 aliphatic carbocycles. The van der Waals surface area contributed by atoms with Gasteiger partial charge in [0.25, 0.3) is 0 Å². The van der Waals surface area contributed by atoms with Gasteiger partial charge in [-0.25, -0.2) is 0 Å². The topological polar surface area (TPSA) is 39.7 Å². The highest BCUT2D eigenvalue weighted by molar-refractivity contribution is 5.44. The van der Waals surface area contributed by atoms with Gasteiger partial charge < -0.3 is 19.5 Å². The third kappa shape index (κ3) is 3.52. The van der Waals surface area contributed by atoms with Gasteiger partial charge >= 0.3 is 0 Å². The van der Waals surface area contributed by atoms with Crippen molar-refractivity contribution in [1.29, 1.82) is 0 Å².